The van der Waals surface area contributed by atoms with Crippen molar-refractivity contribution in [2.45, 2.75) is 45.3 Å². The van der Waals surface area contributed by atoms with Gasteiger partial charge in [-0.15, -0.1) is 10.2 Å². The monoisotopic (exact) mass is 445 g/mol. The number of carbonyl (C=O) groups is 2. The van der Waals surface area contributed by atoms with Crippen LogP contribution in [0.5, 0.6) is 0 Å². The van der Waals surface area contributed by atoms with Crippen LogP contribution in [0.4, 0.5) is 18.9 Å². The number of aromatic nitrogens is 4. The number of nitrogens with zero attached hydrogens (tertiary/aromatic N) is 4. The summed E-state index contributed by atoms with van der Waals surface area (Å²) < 4.78 is 38.7. The SMILES string of the molecule is CCCCCC(=O)Nc1ccc(C(=O)Cn2nnc(-c3cccc(C(F)(F)F)c3)n2)cc1. The van der Waals surface area contributed by atoms with Crippen LogP contribution in [-0.4, -0.2) is 31.9 Å². The molecule has 0 saturated carbocycles. The zero-order chi connectivity index (χ0) is 23.1. The minimum Gasteiger partial charge on any atom is -0.326 e. The van der Waals surface area contributed by atoms with E-state index in [-0.39, 0.29) is 29.6 Å². The molecule has 3 aromatic rings. The molecule has 0 spiro atoms. The summed E-state index contributed by atoms with van der Waals surface area (Å²) in [5.41, 5.74) is 0.304. The Morgan fingerprint density at radius 2 is 1.81 bits per heavy atom. The zero-order valence-corrected chi connectivity index (χ0v) is 17.4. The van der Waals surface area contributed by atoms with Gasteiger partial charge >= 0.3 is 6.18 Å². The van der Waals surface area contributed by atoms with Gasteiger partial charge in [0.25, 0.3) is 0 Å². The number of alkyl halides is 3. The van der Waals surface area contributed by atoms with Crippen LogP contribution < -0.4 is 5.32 Å². The fraction of sp³-hybridized carbons (Fsp3) is 0.318. The van der Waals surface area contributed by atoms with Crippen molar-refractivity contribution < 1.29 is 22.8 Å². The quantitative estimate of drug-likeness (QED) is 0.379. The van der Waals surface area contributed by atoms with Crippen molar-refractivity contribution in [1.82, 2.24) is 20.2 Å². The molecule has 0 unspecified atom stereocenters. The molecule has 0 aliphatic carbocycles. The van der Waals surface area contributed by atoms with Crippen molar-refractivity contribution in [2.75, 3.05) is 5.32 Å². The molecule has 1 amide bonds. The molecule has 0 radical (unpaired) electrons. The van der Waals surface area contributed by atoms with Gasteiger partial charge in [-0.3, -0.25) is 9.59 Å². The molecule has 0 saturated heterocycles. The van der Waals surface area contributed by atoms with E-state index >= 15 is 0 Å². The van der Waals surface area contributed by atoms with Gasteiger partial charge in [0.05, 0.1) is 5.56 Å². The van der Waals surface area contributed by atoms with Crippen LogP contribution in [0.15, 0.2) is 48.5 Å². The molecule has 0 fully saturated rings. The lowest BCUT2D eigenvalue weighted by molar-refractivity contribution is -0.137. The topological polar surface area (TPSA) is 89.8 Å². The summed E-state index contributed by atoms with van der Waals surface area (Å²) in [7, 11) is 0. The van der Waals surface area contributed by atoms with Crippen molar-refractivity contribution in [3.8, 4) is 11.4 Å². The molecule has 168 valence electrons. The highest BCUT2D eigenvalue weighted by atomic mass is 19.4. The van der Waals surface area contributed by atoms with E-state index in [0.29, 0.717) is 17.7 Å². The number of hydrogen-bond donors (Lipinski definition) is 1. The Bertz CT molecular complexity index is 1080. The minimum atomic E-state index is -4.48. The molecular formula is C22H22F3N5O2. The third-order valence-corrected chi connectivity index (χ3v) is 4.68. The average molecular weight is 445 g/mol. The van der Waals surface area contributed by atoms with Gasteiger partial charge in [-0.2, -0.15) is 18.0 Å². The van der Waals surface area contributed by atoms with Gasteiger partial charge < -0.3 is 5.32 Å². The summed E-state index contributed by atoms with van der Waals surface area (Å²) in [6.07, 6.45) is -1.19. The second-order valence-corrected chi connectivity index (χ2v) is 7.23. The number of ketones is 1. The second-order valence-electron chi connectivity index (χ2n) is 7.23. The van der Waals surface area contributed by atoms with Crippen LogP contribution in [0.1, 0.15) is 48.5 Å². The molecule has 1 heterocycles. The number of amides is 1. The maximum Gasteiger partial charge on any atom is 0.416 e. The lowest BCUT2D eigenvalue weighted by Crippen LogP contribution is -2.14. The van der Waals surface area contributed by atoms with Gasteiger partial charge in [-0.1, -0.05) is 31.9 Å². The number of nitrogens with one attached hydrogen (secondary N) is 1. The van der Waals surface area contributed by atoms with Crippen molar-refractivity contribution in [3.63, 3.8) is 0 Å². The highest BCUT2D eigenvalue weighted by Gasteiger charge is 2.30. The van der Waals surface area contributed by atoms with E-state index in [0.717, 1.165) is 36.2 Å². The van der Waals surface area contributed by atoms with Crippen molar-refractivity contribution in [3.05, 3.63) is 59.7 Å². The Kier molecular flexibility index (Phi) is 7.34. The number of Topliss-reactive ketones (excluding diaryl/α,β-unsaturated/α-hetero) is 1. The van der Waals surface area contributed by atoms with Gasteiger partial charge in [0.1, 0.15) is 6.54 Å². The molecular weight excluding hydrogens is 423 g/mol. The van der Waals surface area contributed by atoms with Crippen molar-refractivity contribution >= 4 is 17.4 Å². The molecule has 0 aliphatic rings. The van der Waals surface area contributed by atoms with E-state index in [2.05, 4.69) is 27.7 Å². The molecule has 2 aromatic carbocycles. The number of rotatable bonds is 9. The molecule has 0 bridgehead atoms. The van der Waals surface area contributed by atoms with E-state index in [4.69, 9.17) is 0 Å². The Morgan fingerprint density at radius 1 is 1.06 bits per heavy atom. The zero-order valence-electron chi connectivity index (χ0n) is 17.4. The van der Waals surface area contributed by atoms with Gasteiger partial charge in [0, 0.05) is 23.2 Å². The first-order valence-electron chi connectivity index (χ1n) is 10.1. The first-order chi connectivity index (χ1) is 15.3. The predicted molar refractivity (Wildman–Crippen MR) is 112 cm³/mol. The number of hydrogen-bond acceptors (Lipinski definition) is 5. The standard InChI is InChI=1S/C22H22F3N5O2/c1-2-3-4-8-20(32)26-18-11-9-15(10-12-18)19(31)14-30-28-21(27-29-30)16-6-5-7-17(13-16)22(23,24)25/h5-7,9-13H,2-4,8,14H2,1H3,(H,26,32). The summed E-state index contributed by atoms with van der Waals surface area (Å²) in [6, 6.07) is 11.0. The summed E-state index contributed by atoms with van der Waals surface area (Å²) in [4.78, 5) is 25.4. The van der Waals surface area contributed by atoms with Crippen LogP contribution in [0.2, 0.25) is 0 Å². The largest absolute Gasteiger partial charge is 0.416 e. The van der Waals surface area contributed by atoms with Gasteiger partial charge in [-0.05, 0) is 48.0 Å². The molecule has 1 aromatic heterocycles. The number of unbranched alkanes of at least 4 members (excludes halogenated alkanes) is 2. The molecule has 0 aliphatic heterocycles. The van der Waals surface area contributed by atoms with Crippen LogP contribution in [0.3, 0.4) is 0 Å². The molecule has 0 atom stereocenters. The van der Waals surface area contributed by atoms with E-state index in [9.17, 15) is 22.8 Å². The third-order valence-electron chi connectivity index (χ3n) is 4.68. The highest BCUT2D eigenvalue weighted by molar-refractivity contribution is 5.97. The van der Waals surface area contributed by atoms with Crippen molar-refractivity contribution in [2.24, 2.45) is 0 Å². The number of tetrazole rings is 1. The van der Waals surface area contributed by atoms with Crippen LogP contribution in [0.25, 0.3) is 11.4 Å². The van der Waals surface area contributed by atoms with Crippen LogP contribution >= 0.6 is 0 Å². The van der Waals surface area contributed by atoms with Gasteiger partial charge in [-0.25, -0.2) is 0 Å². The predicted octanol–water partition coefficient (Wildman–Crippen LogP) is 4.76. The first-order valence-corrected chi connectivity index (χ1v) is 10.1. The fourth-order valence-electron chi connectivity index (χ4n) is 2.98. The fourth-order valence-corrected chi connectivity index (χ4v) is 2.98. The number of benzene rings is 2. The Balaban J connectivity index is 1.61. The molecule has 32 heavy (non-hydrogen) atoms. The van der Waals surface area contributed by atoms with Crippen LogP contribution in [0, 0.1) is 0 Å². The van der Waals surface area contributed by atoms with Gasteiger partial charge in [0.2, 0.25) is 11.7 Å². The summed E-state index contributed by atoms with van der Waals surface area (Å²) in [5, 5.41) is 14.3. The molecule has 1 N–H and O–H groups in total. The number of anilines is 1. The molecule has 3 rings (SSSR count). The second kappa shape index (κ2) is 10.2. The molecule has 10 heteroatoms. The van der Waals surface area contributed by atoms with E-state index in [1.807, 2.05) is 0 Å². The highest BCUT2D eigenvalue weighted by Crippen LogP contribution is 2.31. The lowest BCUT2D eigenvalue weighted by Gasteiger charge is -2.06. The summed E-state index contributed by atoms with van der Waals surface area (Å²) in [6.45, 7) is 1.84. The first kappa shape index (κ1) is 23.1. The minimum absolute atomic E-state index is 0.00923. The van der Waals surface area contributed by atoms with Crippen LogP contribution in [-0.2, 0) is 17.5 Å². The van der Waals surface area contributed by atoms with Gasteiger partial charge in [0.15, 0.2) is 5.78 Å². The lowest BCUT2D eigenvalue weighted by atomic mass is 10.1. The summed E-state index contributed by atoms with van der Waals surface area (Å²) >= 11 is 0. The third kappa shape index (κ3) is 6.22. The molecule has 7 nitrogen and oxygen atoms in total. The summed E-state index contributed by atoms with van der Waals surface area (Å²) in [5.74, 6) is -0.393. The normalized spacial score (nSPS) is 11.4. The van der Waals surface area contributed by atoms with Crippen molar-refractivity contribution in [1.29, 1.82) is 0 Å². The maximum atomic E-state index is 12.9. The Morgan fingerprint density at radius 3 is 2.50 bits per heavy atom. The van der Waals surface area contributed by atoms with E-state index < -0.39 is 11.7 Å². The smallest absolute Gasteiger partial charge is 0.326 e. The van der Waals surface area contributed by atoms with E-state index in [1.165, 1.54) is 12.1 Å². The maximum absolute atomic E-state index is 12.9. The van der Waals surface area contributed by atoms with E-state index in [1.54, 1.807) is 24.3 Å². The Hall–Kier alpha value is -3.56. The number of halogens is 3. The number of carbonyl (C=O) groups excluding carboxylic acids is 2. The Labute approximate surface area is 182 Å². The average Bonchev–Trinajstić information content (AvgIpc) is 3.22.